The van der Waals surface area contributed by atoms with Crippen LogP contribution < -0.4 is 10.0 Å². The van der Waals surface area contributed by atoms with Crippen LogP contribution in [0.25, 0.3) is 10.9 Å². The smallest absolute Gasteiger partial charge is 0.224 e. The third kappa shape index (κ3) is 5.28. The molecule has 0 atom stereocenters. The van der Waals surface area contributed by atoms with E-state index >= 15 is 0 Å². The monoisotopic (exact) mass is 349 g/mol. The van der Waals surface area contributed by atoms with E-state index in [1.54, 1.807) is 20.0 Å². The number of rotatable bonds is 8. The lowest BCUT2D eigenvalue weighted by molar-refractivity contribution is -0.116. The third-order valence-corrected chi connectivity index (χ3v) is 5.48. The molecule has 1 aromatic carbocycles. The second-order valence-electron chi connectivity index (χ2n) is 5.91. The summed E-state index contributed by atoms with van der Waals surface area (Å²) in [5.74, 6) is -0.0983. The molecule has 24 heavy (non-hydrogen) atoms. The van der Waals surface area contributed by atoms with Crippen LogP contribution in [0, 0.1) is 0 Å². The molecule has 2 N–H and O–H groups in total. The van der Waals surface area contributed by atoms with E-state index in [-0.39, 0.29) is 5.91 Å². The van der Waals surface area contributed by atoms with Gasteiger partial charge in [0.05, 0.1) is 22.7 Å². The van der Waals surface area contributed by atoms with E-state index < -0.39 is 15.3 Å². The molecule has 2 rings (SSSR count). The minimum Gasteiger partial charge on any atom is -0.325 e. The van der Waals surface area contributed by atoms with Crippen LogP contribution in [0.1, 0.15) is 33.1 Å². The van der Waals surface area contributed by atoms with Crippen LogP contribution in [0.15, 0.2) is 36.5 Å². The molecule has 2 aromatic rings. The SMILES string of the molecule is CC(C)S(=O)(=O)NCCCCC(=O)Nc1cnc2ccccc2c1. The molecule has 6 nitrogen and oxygen atoms in total. The van der Waals surface area contributed by atoms with Crippen molar-refractivity contribution >= 4 is 32.5 Å². The molecule has 0 aliphatic heterocycles. The number of carbonyl (C=O) groups is 1. The molecule has 0 saturated carbocycles. The van der Waals surface area contributed by atoms with Gasteiger partial charge in [-0.25, -0.2) is 13.1 Å². The van der Waals surface area contributed by atoms with E-state index in [0.29, 0.717) is 31.5 Å². The zero-order chi connectivity index (χ0) is 17.6. The van der Waals surface area contributed by atoms with Gasteiger partial charge in [0, 0.05) is 18.4 Å². The first-order valence-corrected chi connectivity index (χ1v) is 9.56. The highest BCUT2D eigenvalue weighted by Gasteiger charge is 2.14. The Morgan fingerprint density at radius 3 is 2.71 bits per heavy atom. The summed E-state index contributed by atoms with van der Waals surface area (Å²) in [6.07, 6.45) is 3.22. The summed E-state index contributed by atoms with van der Waals surface area (Å²) in [6.45, 7) is 3.62. The number of unbranched alkanes of at least 4 members (excludes halogenated alkanes) is 1. The van der Waals surface area contributed by atoms with E-state index in [9.17, 15) is 13.2 Å². The van der Waals surface area contributed by atoms with E-state index in [2.05, 4.69) is 15.0 Å². The van der Waals surface area contributed by atoms with E-state index in [1.165, 1.54) is 0 Å². The molecule has 7 heteroatoms. The van der Waals surface area contributed by atoms with Crippen molar-refractivity contribution in [2.24, 2.45) is 0 Å². The normalized spacial score (nSPS) is 11.8. The Labute approximate surface area is 142 Å². The predicted octanol–water partition coefficient (Wildman–Crippen LogP) is 2.67. The fraction of sp³-hybridized carbons (Fsp3) is 0.412. The fourth-order valence-corrected chi connectivity index (χ4v) is 2.92. The van der Waals surface area contributed by atoms with Gasteiger partial charge < -0.3 is 5.32 Å². The Bertz CT molecular complexity index is 804. The quantitative estimate of drug-likeness (QED) is 0.717. The van der Waals surface area contributed by atoms with Crippen molar-refractivity contribution in [1.29, 1.82) is 0 Å². The summed E-state index contributed by atoms with van der Waals surface area (Å²) in [5, 5.41) is 3.35. The van der Waals surface area contributed by atoms with E-state index in [0.717, 1.165) is 10.9 Å². The molecule has 130 valence electrons. The van der Waals surface area contributed by atoms with Crippen LogP contribution in [0.5, 0.6) is 0 Å². The first-order chi connectivity index (χ1) is 11.4. The first-order valence-electron chi connectivity index (χ1n) is 8.01. The number of carbonyl (C=O) groups excluding carboxylic acids is 1. The maximum atomic E-state index is 11.9. The topological polar surface area (TPSA) is 88.2 Å². The van der Waals surface area contributed by atoms with Crippen LogP contribution >= 0.6 is 0 Å². The van der Waals surface area contributed by atoms with Gasteiger partial charge in [-0.15, -0.1) is 0 Å². The van der Waals surface area contributed by atoms with Crippen LogP contribution in [-0.4, -0.2) is 31.1 Å². The lowest BCUT2D eigenvalue weighted by atomic mass is 10.2. The number of benzene rings is 1. The van der Waals surface area contributed by atoms with Gasteiger partial charge in [-0.05, 0) is 38.8 Å². The minimum atomic E-state index is -3.23. The van der Waals surface area contributed by atoms with Gasteiger partial charge in [0.1, 0.15) is 0 Å². The zero-order valence-corrected chi connectivity index (χ0v) is 14.8. The average molecular weight is 349 g/mol. The number of nitrogens with zero attached hydrogens (tertiary/aromatic N) is 1. The second kappa shape index (κ2) is 8.21. The molecule has 0 spiro atoms. The number of para-hydroxylation sites is 1. The molecule has 1 heterocycles. The number of nitrogens with one attached hydrogen (secondary N) is 2. The number of aromatic nitrogens is 1. The number of sulfonamides is 1. The highest BCUT2D eigenvalue weighted by Crippen LogP contribution is 2.16. The highest BCUT2D eigenvalue weighted by molar-refractivity contribution is 7.90. The molecule has 0 saturated heterocycles. The Morgan fingerprint density at radius 2 is 1.96 bits per heavy atom. The first kappa shape index (κ1) is 18.4. The van der Waals surface area contributed by atoms with Crippen molar-refractivity contribution in [2.45, 2.75) is 38.4 Å². The number of anilines is 1. The third-order valence-electron chi connectivity index (χ3n) is 3.63. The molecule has 0 aliphatic carbocycles. The molecule has 0 radical (unpaired) electrons. The Balaban J connectivity index is 1.75. The van der Waals surface area contributed by atoms with Crippen molar-refractivity contribution < 1.29 is 13.2 Å². The number of fused-ring (bicyclic) bond motifs is 1. The Kier molecular flexibility index (Phi) is 6.28. The van der Waals surface area contributed by atoms with E-state index in [4.69, 9.17) is 0 Å². The van der Waals surface area contributed by atoms with Crippen LogP contribution in [0.3, 0.4) is 0 Å². The number of pyridine rings is 1. The highest BCUT2D eigenvalue weighted by atomic mass is 32.2. The lowest BCUT2D eigenvalue weighted by Gasteiger charge is -2.09. The lowest BCUT2D eigenvalue weighted by Crippen LogP contribution is -2.31. The molecule has 0 fully saturated rings. The Hall–Kier alpha value is -1.99. The largest absolute Gasteiger partial charge is 0.325 e. The summed E-state index contributed by atoms with van der Waals surface area (Å²) >= 11 is 0. The molecular weight excluding hydrogens is 326 g/mol. The maximum absolute atomic E-state index is 11.9. The standard InChI is InChI=1S/C17H23N3O3S/c1-13(2)24(22,23)19-10-6-5-9-17(21)20-15-11-14-7-3-4-8-16(14)18-12-15/h3-4,7-8,11-13,19H,5-6,9-10H2,1-2H3,(H,20,21). The van der Waals surface area contributed by atoms with Gasteiger partial charge in [-0.1, -0.05) is 18.2 Å². The number of hydrogen-bond donors (Lipinski definition) is 2. The number of amides is 1. The van der Waals surface area contributed by atoms with Gasteiger partial charge >= 0.3 is 0 Å². The van der Waals surface area contributed by atoms with Crippen LogP contribution in [0.4, 0.5) is 5.69 Å². The van der Waals surface area contributed by atoms with Gasteiger partial charge in [0.2, 0.25) is 15.9 Å². The Morgan fingerprint density at radius 1 is 1.21 bits per heavy atom. The fourth-order valence-electron chi connectivity index (χ4n) is 2.15. The molecule has 0 bridgehead atoms. The van der Waals surface area contributed by atoms with Gasteiger partial charge in [-0.2, -0.15) is 0 Å². The van der Waals surface area contributed by atoms with E-state index in [1.807, 2.05) is 30.3 Å². The van der Waals surface area contributed by atoms with Crippen LogP contribution in [-0.2, 0) is 14.8 Å². The van der Waals surface area contributed by atoms with Gasteiger partial charge in [0.25, 0.3) is 0 Å². The molecule has 1 aromatic heterocycles. The number of hydrogen-bond acceptors (Lipinski definition) is 4. The minimum absolute atomic E-state index is 0.0983. The van der Waals surface area contributed by atoms with Gasteiger partial charge in [-0.3, -0.25) is 9.78 Å². The summed E-state index contributed by atoms with van der Waals surface area (Å²) in [4.78, 5) is 16.2. The molecular formula is C17H23N3O3S. The zero-order valence-electron chi connectivity index (χ0n) is 14.0. The summed E-state index contributed by atoms with van der Waals surface area (Å²) in [7, 11) is -3.23. The van der Waals surface area contributed by atoms with Gasteiger partial charge in [0.15, 0.2) is 0 Å². The molecule has 0 aliphatic rings. The van der Waals surface area contributed by atoms with Crippen molar-refractivity contribution in [3.63, 3.8) is 0 Å². The summed E-state index contributed by atoms with van der Waals surface area (Å²) in [5.41, 5.74) is 1.55. The van der Waals surface area contributed by atoms with Crippen LogP contribution in [0.2, 0.25) is 0 Å². The molecule has 1 amide bonds. The summed E-state index contributed by atoms with van der Waals surface area (Å²) < 4.78 is 25.7. The van der Waals surface area contributed by atoms with Crippen molar-refractivity contribution in [1.82, 2.24) is 9.71 Å². The second-order valence-corrected chi connectivity index (χ2v) is 8.23. The van der Waals surface area contributed by atoms with Crippen molar-refractivity contribution in [2.75, 3.05) is 11.9 Å². The molecule has 0 unspecified atom stereocenters. The van der Waals surface area contributed by atoms with Crippen molar-refractivity contribution in [3.8, 4) is 0 Å². The maximum Gasteiger partial charge on any atom is 0.224 e. The van der Waals surface area contributed by atoms with Crippen molar-refractivity contribution in [3.05, 3.63) is 36.5 Å². The predicted molar refractivity (Wildman–Crippen MR) is 96.3 cm³/mol. The summed E-state index contributed by atoms with van der Waals surface area (Å²) in [6, 6.07) is 9.59. The average Bonchev–Trinajstić information content (AvgIpc) is 2.54.